The summed E-state index contributed by atoms with van der Waals surface area (Å²) in [5, 5.41) is 18.0. The van der Waals surface area contributed by atoms with Crippen molar-refractivity contribution in [1.82, 2.24) is 16.0 Å². The maximum Gasteiger partial charge on any atom is 0.315 e. The molecule has 1 aromatic rings. The first-order valence-corrected chi connectivity index (χ1v) is 13.4. The lowest BCUT2D eigenvalue weighted by Crippen LogP contribution is -2.36. The molecule has 10 heteroatoms. The van der Waals surface area contributed by atoms with Crippen molar-refractivity contribution < 1.29 is 29.0 Å². The number of amides is 3. The van der Waals surface area contributed by atoms with E-state index in [1.165, 1.54) is 0 Å². The Morgan fingerprint density at radius 1 is 1.00 bits per heavy atom. The Kier molecular flexibility index (Phi) is 10.7. The monoisotopic (exact) mass is 505 g/mol. The second-order valence-electron chi connectivity index (χ2n) is 9.04. The van der Waals surface area contributed by atoms with Crippen LogP contribution in [-0.2, 0) is 20.8 Å². The van der Waals surface area contributed by atoms with Gasteiger partial charge in [0, 0.05) is 36.8 Å². The first-order chi connectivity index (χ1) is 16.9. The molecule has 2 fully saturated rings. The Morgan fingerprint density at radius 3 is 2.54 bits per heavy atom. The first-order valence-electron chi connectivity index (χ1n) is 12.4. The molecule has 2 heterocycles. The lowest BCUT2D eigenvalue weighted by atomic mass is 10.0. The number of benzene rings is 1. The number of hydrogen-bond donors (Lipinski definition) is 4. The Morgan fingerprint density at radius 2 is 1.77 bits per heavy atom. The number of carboxylic acids is 1. The summed E-state index contributed by atoms with van der Waals surface area (Å²) in [6.45, 7) is 0.603. The summed E-state index contributed by atoms with van der Waals surface area (Å²) < 4.78 is 5.31. The highest BCUT2D eigenvalue weighted by atomic mass is 32.2. The topological polar surface area (TPSA) is 134 Å². The maximum atomic E-state index is 12.0. The molecule has 4 N–H and O–H groups in total. The van der Waals surface area contributed by atoms with Gasteiger partial charge in [-0.3, -0.25) is 14.4 Å². The summed E-state index contributed by atoms with van der Waals surface area (Å²) in [7, 11) is 0. The van der Waals surface area contributed by atoms with Crippen LogP contribution in [0.1, 0.15) is 63.4 Å². The quantitative estimate of drug-likeness (QED) is 0.125. The number of thioether (sulfide) groups is 1. The average molecular weight is 506 g/mol. The van der Waals surface area contributed by atoms with Gasteiger partial charge in [-0.1, -0.05) is 25.0 Å². The third-order valence-electron chi connectivity index (χ3n) is 6.24. The minimum absolute atomic E-state index is 0.0593. The molecule has 0 spiro atoms. The summed E-state index contributed by atoms with van der Waals surface area (Å²) in [6, 6.07) is 7.28. The van der Waals surface area contributed by atoms with Crippen molar-refractivity contribution >= 4 is 35.6 Å². The molecule has 3 rings (SSSR count). The van der Waals surface area contributed by atoms with Crippen LogP contribution < -0.4 is 20.7 Å². The molecule has 3 unspecified atom stereocenters. The van der Waals surface area contributed by atoms with E-state index in [-0.39, 0.29) is 36.4 Å². The molecule has 9 nitrogen and oxygen atoms in total. The zero-order valence-corrected chi connectivity index (χ0v) is 20.7. The van der Waals surface area contributed by atoms with Crippen LogP contribution in [-0.4, -0.2) is 58.6 Å². The standard InChI is InChI=1S/C25H35N3O6S/c29-21(7-4-3-6-20-24-19(16-35-20)27-25(33)28-24)26-15-5-1-2-8-23(32)34-18-12-9-17(10-13-18)11-14-22(30)31/h9-10,12-13,19-20,24H,1-8,11,14-16H2,(H,26,29)(H,30,31)(H2,27,28,33). The number of carboxylic acid groups (broad SMARTS) is 1. The molecule has 1 aromatic carbocycles. The summed E-state index contributed by atoms with van der Waals surface area (Å²) in [6.07, 6.45) is 6.48. The van der Waals surface area contributed by atoms with Gasteiger partial charge in [0.25, 0.3) is 0 Å². The third-order valence-corrected chi connectivity index (χ3v) is 7.75. The van der Waals surface area contributed by atoms with E-state index in [0.29, 0.717) is 43.2 Å². The first kappa shape index (κ1) is 26.8. The number of hydrogen-bond acceptors (Lipinski definition) is 6. The molecule has 3 amide bonds. The van der Waals surface area contributed by atoms with E-state index in [0.717, 1.165) is 43.4 Å². The van der Waals surface area contributed by atoms with Crippen LogP contribution in [0.4, 0.5) is 4.79 Å². The molecular weight excluding hydrogens is 470 g/mol. The molecular formula is C25H35N3O6S. The Labute approximate surface area is 210 Å². The fraction of sp³-hybridized carbons (Fsp3) is 0.600. The van der Waals surface area contributed by atoms with Crippen LogP contribution in [0.3, 0.4) is 0 Å². The number of esters is 1. The van der Waals surface area contributed by atoms with Gasteiger partial charge in [-0.15, -0.1) is 0 Å². The van der Waals surface area contributed by atoms with Crippen LogP contribution in [0.15, 0.2) is 24.3 Å². The fourth-order valence-corrected chi connectivity index (χ4v) is 5.86. The van der Waals surface area contributed by atoms with Crippen molar-refractivity contribution in [1.29, 1.82) is 0 Å². The van der Waals surface area contributed by atoms with E-state index in [2.05, 4.69) is 16.0 Å². The Bertz CT molecular complexity index is 878. The van der Waals surface area contributed by atoms with Gasteiger partial charge in [0.05, 0.1) is 12.1 Å². The van der Waals surface area contributed by atoms with Gasteiger partial charge in [0.1, 0.15) is 5.75 Å². The molecule has 0 saturated carbocycles. The summed E-state index contributed by atoms with van der Waals surface area (Å²) in [4.78, 5) is 46.0. The van der Waals surface area contributed by atoms with Crippen molar-refractivity contribution in [3.63, 3.8) is 0 Å². The highest BCUT2D eigenvalue weighted by Crippen LogP contribution is 2.33. The smallest absolute Gasteiger partial charge is 0.315 e. The zero-order chi connectivity index (χ0) is 25.0. The molecule has 2 aliphatic rings. The minimum Gasteiger partial charge on any atom is -0.481 e. The van der Waals surface area contributed by atoms with Gasteiger partial charge >= 0.3 is 18.0 Å². The number of unbranched alkanes of at least 4 members (excludes halogenated alkanes) is 3. The van der Waals surface area contributed by atoms with Crippen molar-refractivity contribution in [3.05, 3.63) is 29.8 Å². The lowest BCUT2D eigenvalue weighted by Gasteiger charge is -2.16. The van der Waals surface area contributed by atoms with E-state index in [1.807, 2.05) is 11.8 Å². The number of fused-ring (bicyclic) bond motifs is 1. The van der Waals surface area contributed by atoms with Gasteiger partial charge in [-0.25, -0.2) is 4.79 Å². The molecule has 0 bridgehead atoms. The largest absolute Gasteiger partial charge is 0.481 e. The second-order valence-corrected chi connectivity index (χ2v) is 10.3. The number of aliphatic carboxylic acids is 1. The predicted molar refractivity (Wildman–Crippen MR) is 133 cm³/mol. The summed E-state index contributed by atoms with van der Waals surface area (Å²) >= 11 is 1.89. The summed E-state index contributed by atoms with van der Waals surface area (Å²) in [5.41, 5.74) is 0.886. The number of rotatable bonds is 15. The predicted octanol–water partition coefficient (Wildman–Crippen LogP) is 3.01. The molecule has 2 aliphatic heterocycles. The number of carbonyl (C=O) groups is 4. The number of ether oxygens (including phenoxy) is 1. The van der Waals surface area contributed by atoms with E-state index in [4.69, 9.17) is 9.84 Å². The molecule has 0 aliphatic carbocycles. The van der Waals surface area contributed by atoms with Crippen molar-refractivity contribution in [3.8, 4) is 5.75 Å². The van der Waals surface area contributed by atoms with E-state index in [1.54, 1.807) is 24.3 Å². The van der Waals surface area contributed by atoms with Crippen LogP contribution in [0, 0.1) is 0 Å². The average Bonchev–Trinajstić information content (AvgIpc) is 3.37. The fourth-order valence-electron chi connectivity index (χ4n) is 4.32. The highest BCUT2D eigenvalue weighted by Gasteiger charge is 2.42. The maximum absolute atomic E-state index is 12.0. The molecule has 35 heavy (non-hydrogen) atoms. The zero-order valence-electron chi connectivity index (χ0n) is 19.9. The van der Waals surface area contributed by atoms with Gasteiger partial charge in [-0.2, -0.15) is 11.8 Å². The van der Waals surface area contributed by atoms with Crippen molar-refractivity contribution in [2.24, 2.45) is 0 Å². The Balaban J connectivity index is 1.15. The van der Waals surface area contributed by atoms with Gasteiger partial charge in [-0.05, 0) is 49.8 Å². The third kappa shape index (κ3) is 9.43. The SMILES string of the molecule is O=C(O)CCc1ccc(OC(=O)CCCCCNC(=O)CCCCC2SCC3NC(=O)NC32)cc1. The normalized spacial score (nSPS) is 20.6. The second kappa shape index (κ2) is 14.0. The number of nitrogens with one attached hydrogen (secondary N) is 3. The van der Waals surface area contributed by atoms with Gasteiger partial charge in [0.15, 0.2) is 0 Å². The molecule has 2 saturated heterocycles. The number of aryl methyl sites for hydroxylation is 1. The number of urea groups is 1. The van der Waals surface area contributed by atoms with E-state index >= 15 is 0 Å². The van der Waals surface area contributed by atoms with Gasteiger partial charge < -0.3 is 25.8 Å². The van der Waals surface area contributed by atoms with Crippen LogP contribution in [0.5, 0.6) is 5.75 Å². The molecule has 0 aromatic heterocycles. The van der Waals surface area contributed by atoms with Crippen LogP contribution in [0.2, 0.25) is 0 Å². The Hall–Kier alpha value is -2.75. The molecule has 3 atom stereocenters. The molecule has 192 valence electrons. The highest BCUT2D eigenvalue weighted by molar-refractivity contribution is 8.00. The van der Waals surface area contributed by atoms with Crippen molar-refractivity contribution in [2.75, 3.05) is 12.3 Å². The lowest BCUT2D eigenvalue weighted by molar-refractivity contribution is -0.137. The summed E-state index contributed by atoms with van der Waals surface area (Å²) in [5.74, 6) is 0.329. The minimum atomic E-state index is -0.841. The van der Waals surface area contributed by atoms with Crippen molar-refractivity contribution in [2.45, 2.75) is 81.5 Å². The number of carbonyl (C=O) groups excluding carboxylic acids is 3. The van der Waals surface area contributed by atoms with Crippen LogP contribution in [0.25, 0.3) is 0 Å². The molecule has 0 radical (unpaired) electrons. The van der Waals surface area contributed by atoms with Gasteiger partial charge in [0.2, 0.25) is 5.91 Å². The van der Waals surface area contributed by atoms with Crippen LogP contribution >= 0.6 is 11.8 Å². The van der Waals surface area contributed by atoms with E-state index in [9.17, 15) is 19.2 Å². The van der Waals surface area contributed by atoms with E-state index < -0.39 is 5.97 Å².